The average molecular weight is 1550 g/mol. The number of hydrogen-bond donors (Lipinski definition) is 2. The molecule has 99 heavy (non-hydrogen) atoms. The van der Waals surface area contributed by atoms with Gasteiger partial charge in [-0.1, -0.05) is 103 Å². The standard InChI is InChI=1S/C69H109Br2N5O22S/c1-8-50(4)55(66(81)74(7)58(49(2)3)47-60(98-52(6)77)65-73-56(48-99-65)64(80)72-54(44-51(5)69(84)85)45-53-14-10-9-11-15-53)46-59(78)57-16-12-13-18-75(57)61(79)17-20-86-22-24-88-26-28-90-30-32-92-34-36-94-38-40-96-42-43-97-41-39-95-37-35-93-33-31-91-29-27-89-25-23-87-21-19-76-67(82)62(70)63(71)68(76)83/h9-11,14-15,48-51,54-55,57-58,60,62-63H,8,12-13,16-47H2,1-7H3,(H,72,80)(H,84,85)/t50-,51-,54+,55-,57+,58+,60+,62?,63?/m0/s1. The highest BCUT2D eigenvalue weighted by molar-refractivity contribution is 9.12. The zero-order valence-corrected chi connectivity index (χ0v) is 62.9. The van der Waals surface area contributed by atoms with Crippen LogP contribution in [0.15, 0.2) is 35.7 Å². The first-order chi connectivity index (χ1) is 47.7. The Kier molecular flexibility index (Phi) is 45.3. The SMILES string of the molecule is CC[C@H](C)[C@H](CC(=O)[C@H]1CCCCN1C(=O)CCOCCOCCOCCOCCOCCOCCOCCOCCOCCOCCOCCOCCN1C(=O)C(Br)C(Br)C1=O)C(=O)N(C)[C@H](C[C@@H](OC(C)=O)c1nc(C(=O)N[C@@H](Cc2ccccc2)C[C@H](C)C(=O)O)cs1)C(C)C. The summed E-state index contributed by atoms with van der Waals surface area (Å²) in [6.45, 7) is 20.7. The molecule has 0 saturated carbocycles. The lowest BCUT2D eigenvalue weighted by atomic mass is 9.82. The minimum absolute atomic E-state index is 0.0439. The zero-order valence-electron chi connectivity index (χ0n) is 59.0. The van der Waals surface area contributed by atoms with E-state index in [0.29, 0.717) is 170 Å². The normalized spacial score (nSPS) is 17.5. The van der Waals surface area contributed by atoms with Crippen molar-refractivity contribution in [3.63, 3.8) is 0 Å². The highest BCUT2D eigenvalue weighted by Gasteiger charge is 2.45. The third-order valence-corrected chi connectivity index (χ3v) is 20.2. The number of piperidine rings is 1. The number of carbonyl (C=O) groups excluding carboxylic acids is 7. The number of ketones is 1. The van der Waals surface area contributed by atoms with Crippen molar-refractivity contribution in [3.05, 3.63) is 52.0 Å². The molecule has 0 aliphatic carbocycles. The molecular formula is C69H109Br2N5O22S. The van der Waals surface area contributed by atoms with Gasteiger partial charge in [0.2, 0.25) is 23.6 Å². The predicted octanol–water partition coefficient (Wildman–Crippen LogP) is 6.56. The summed E-state index contributed by atoms with van der Waals surface area (Å²) < 4.78 is 72.4. The second-order valence-corrected chi connectivity index (χ2v) is 27.4. The fourth-order valence-electron chi connectivity index (χ4n) is 10.9. The zero-order chi connectivity index (χ0) is 72.2. The van der Waals surface area contributed by atoms with Crippen LogP contribution in [0.5, 0.6) is 0 Å². The highest BCUT2D eigenvalue weighted by atomic mass is 79.9. The van der Waals surface area contributed by atoms with Crippen LogP contribution in [0, 0.1) is 23.7 Å². The Balaban J connectivity index is 0.986. The minimum Gasteiger partial charge on any atom is -0.481 e. The molecule has 30 heteroatoms. The molecule has 0 spiro atoms. The number of aromatic nitrogens is 1. The maximum absolute atomic E-state index is 14.7. The Morgan fingerprint density at radius 2 is 1.11 bits per heavy atom. The van der Waals surface area contributed by atoms with Gasteiger partial charge in [0.05, 0.1) is 183 Å². The maximum Gasteiger partial charge on any atom is 0.306 e. The van der Waals surface area contributed by atoms with Crippen LogP contribution < -0.4 is 5.32 Å². The molecule has 1 aromatic heterocycles. The number of carboxylic acids is 1. The summed E-state index contributed by atoms with van der Waals surface area (Å²) in [7, 11) is 1.70. The molecule has 562 valence electrons. The van der Waals surface area contributed by atoms with Crippen molar-refractivity contribution < 1.29 is 105 Å². The van der Waals surface area contributed by atoms with Crippen LogP contribution in [0.25, 0.3) is 0 Å². The average Bonchev–Trinajstić information content (AvgIpc) is 1.75. The number of rotatable bonds is 58. The Morgan fingerprint density at radius 1 is 0.657 bits per heavy atom. The molecule has 4 rings (SSSR count). The topological polar surface area (TPSA) is 311 Å². The van der Waals surface area contributed by atoms with Crippen molar-refractivity contribution in [3.8, 4) is 0 Å². The summed E-state index contributed by atoms with van der Waals surface area (Å²) in [5, 5.41) is 14.6. The van der Waals surface area contributed by atoms with Crippen LogP contribution in [0.1, 0.15) is 120 Å². The number of halogens is 2. The van der Waals surface area contributed by atoms with Crippen molar-refractivity contribution in [2.24, 2.45) is 23.7 Å². The molecule has 0 radical (unpaired) electrons. The predicted molar refractivity (Wildman–Crippen MR) is 374 cm³/mol. The molecule has 2 aromatic rings. The number of carboxylic acid groups (broad SMARTS) is 1. The van der Waals surface area contributed by atoms with E-state index < -0.39 is 63.6 Å². The number of nitrogens with zero attached hydrogens (tertiary/aromatic N) is 4. The Morgan fingerprint density at radius 3 is 1.55 bits per heavy atom. The number of thiazole rings is 1. The molecule has 3 heterocycles. The van der Waals surface area contributed by atoms with Gasteiger partial charge < -0.3 is 81.8 Å². The minimum atomic E-state index is -0.969. The number of nitrogens with one attached hydrogen (secondary N) is 1. The third-order valence-electron chi connectivity index (χ3n) is 16.7. The number of likely N-dealkylation sites (tertiary alicyclic amines) is 2. The van der Waals surface area contributed by atoms with Gasteiger partial charge in [0.15, 0.2) is 11.9 Å². The molecular weight excluding hydrogens is 1440 g/mol. The maximum atomic E-state index is 14.7. The van der Waals surface area contributed by atoms with E-state index in [-0.39, 0.29) is 99.0 Å². The van der Waals surface area contributed by atoms with E-state index in [9.17, 15) is 43.5 Å². The van der Waals surface area contributed by atoms with Crippen LogP contribution in [0.2, 0.25) is 0 Å². The first-order valence-corrected chi connectivity index (χ1v) is 37.3. The largest absolute Gasteiger partial charge is 0.481 e. The summed E-state index contributed by atoms with van der Waals surface area (Å²) >= 11 is 7.58. The first kappa shape index (κ1) is 86.9. The van der Waals surface area contributed by atoms with Gasteiger partial charge in [0, 0.05) is 56.7 Å². The lowest BCUT2D eigenvalue weighted by Gasteiger charge is -2.38. The molecule has 2 N–H and O–H groups in total. The van der Waals surface area contributed by atoms with Crippen LogP contribution in [0.3, 0.4) is 0 Å². The molecule has 5 amide bonds. The number of carbonyl (C=O) groups is 8. The number of esters is 1. The fraction of sp³-hybridized carbons (Fsp3) is 0.754. The second kappa shape index (κ2) is 51.6. The van der Waals surface area contributed by atoms with E-state index >= 15 is 0 Å². The quantitative estimate of drug-likeness (QED) is 0.0306. The molecule has 2 unspecified atom stereocenters. The lowest BCUT2D eigenvalue weighted by molar-refractivity contribution is -0.150. The van der Waals surface area contributed by atoms with E-state index in [1.165, 1.54) is 11.8 Å². The van der Waals surface area contributed by atoms with Gasteiger partial charge in [0.1, 0.15) is 20.4 Å². The summed E-state index contributed by atoms with van der Waals surface area (Å²) in [4.78, 5) is 113. The summed E-state index contributed by atoms with van der Waals surface area (Å²) in [5.74, 6) is -4.82. The van der Waals surface area contributed by atoms with E-state index in [2.05, 4.69) is 42.2 Å². The number of ether oxygens (including phenoxy) is 13. The van der Waals surface area contributed by atoms with Gasteiger partial charge in [-0.05, 0) is 49.5 Å². The van der Waals surface area contributed by atoms with Crippen molar-refractivity contribution in [2.45, 2.75) is 133 Å². The fourth-order valence-corrected chi connectivity index (χ4v) is 12.7. The number of benzene rings is 1. The van der Waals surface area contributed by atoms with Gasteiger partial charge in [-0.15, -0.1) is 11.3 Å². The van der Waals surface area contributed by atoms with Crippen molar-refractivity contribution >= 4 is 90.5 Å². The summed E-state index contributed by atoms with van der Waals surface area (Å²) in [6, 6.07) is 7.84. The van der Waals surface area contributed by atoms with Gasteiger partial charge in [-0.3, -0.25) is 43.3 Å². The monoisotopic (exact) mass is 1550 g/mol. The van der Waals surface area contributed by atoms with E-state index in [0.717, 1.165) is 29.7 Å². The Bertz CT molecular complexity index is 2610. The first-order valence-electron chi connectivity index (χ1n) is 34.6. The second-order valence-electron chi connectivity index (χ2n) is 24.5. The number of amides is 5. The number of aliphatic carboxylic acids is 1. The smallest absolute Gasteiger partial charge is 0.306 e. The molecule has 1 aromatic carbocycles. The molecule has 27 nitrogen and oxygen atoms in total. The van der Waals surface area contributed by atoms with E-state index in [1.54, 1.807) is 29.2 Å². The Labute approximate surface area is 604 Å². The van der Waals surface area contributed by atoms with Crippen molar-refractivity contribution in [1.82, 2.24) is 25.0 Å². The van der Waals surface area contributed by atoms with Gasteiger partial charge >= 0.3 is 11.9 Å². The number of hydrogen-bond acceptors (Lipinski definition) is 23. The lowest BCUT2D eigenvalue weighted by Crippen LogP contribution is -2.50. The van der Waals surface area contributed by atoms with E-state index in [4.69, 9.17) is 61.6 Å². The number of imide groups is 1. The van der Waals surface area contributed by atoms with Crippen molar-refractivity contribution in [1.29, 1.82) is 0 Å². The number of Topliss-reactive ketones (excluding diaryl/α,β-unsaturated/α-hetero) is 1. The Hall–Kier alpha value is -4.51. The van der Waals surface area contributed by atoms with Gasteiger partial charge in [-0.25, -0.2) is 4.98 Å². The molecule has 2 aliphatic heterocycles. The molecule has 2 saturated heterocycles. The molecule has 9 atom stereocenters. The number of alkyl halides is 2. The van der Waals surface area contributed by atoms with Gasteiger partial charge in [0.25, 0.3) is 5.91 Å². The van der Waals surface area contributed by atoms with Gasteiger partial charge in [-0.2, -0.15) is 0 Å². The van der Waals surface area contributed by atoms with Crippen molar-refractivity contribution in [2.75, 3.05) is 179 Å². The molecule has 0 bridgehead atoms. The van der Waals surface area contributed by atoms with Crippen LogP contribution in [0.4, 0.5) is 0 Å². The third kappa shape index (κ3) is 34.6. The van der Waals surface area contributed by atoms with E-state index in [1.807, 2.05) is 58.0 Å². The van der Waals surface area contributed by atoms with Crippen LogP contribution >= 0.6 is 43.2 Å². The summed E-state index contributed by atoms with van der Waals surface area (Å²) in [6.07, 6.45) is 2.59. The molecule has 2 fully saturated rings. The molecule has 2 aliphatic rings. The van der Waals surface area contributed by atoms with Crippen LogP contribution in [-0.4, -0.2) is 279 Å². The highest BCUT2D eigenvalue weighted by Crippen LogP contribution is 2.34. The van der Waals surface area contributed by atoms with Crippen LogP contribution in [-0.2, 0) is 102 Å². The summed E-state index contributed by atoms with van der Waals surface area (Å²) in [5.41, 5.74) is 1.03.